The van der Waals surface area contributed by atoms with Gasteiger partial charge < -0.3 is 10.2 Å². The van der Waals surface area contributed by atoms with Crippen molar-refractivity contribution in [2.75, 3.05) is 25.5 Å². The maximum Gasteiger partial charge on any atom is 0.270 e. The lowest BCUT2D eigenvalue weighted by Gasteiger charge is -2.37. The molecule has 1 heterocycles. The summed E-state index contributed by atoms with van der Waals surface area (Å²) in [5.74, 6) is -0.140. The molecule has 1 saturated heterocycles. The number of anilines is 1. The van der Waals surface area contributed by atoms with Crippen molar-refractivity contribution < 1.29 is 9.72 Å². The molecule has 1 aliphatic heterocycles. The maximum absolute atomic E-state index is 12.6. The van der Waals surface area contributed by atoms with Gasteiger partial charge in [0.1, 0.15) is 0 Å². The lowest BCUT2D eigenvalue weighted by atomic mass is 9.82. The van der Waals surface area contributed by atoms with Crippen molar-refractivity contribution in [1.29, 1.82) is 0 Å². The van der Waals surface area contributed by atoms with E-state index in [0.29, 0.717) is 24.3 Å². The van der Waals surface area contributed by atoms with E-state index in [2.05, 4.69) is 19.2 Å². The molecule has 1 amide bonds. The van der Waals surface area contributed by atoms with Gasteiger partial charge >= 0.3 is 0 Å². The lowest BCUT2D eigenvalue weighted by Crippen LogP contribution is -2.41. The second-order valence-electron chi connectivity index (χ2n) is 6.19. The van der Waals surface area contributed by atoms with E-state index in [1.165, 1.54) is 12.1 Å². The third kappa shape index (κ3) is 3.32. The molecule has 2 rings (SSSR count). The van der Waals surface area contributed by atoms with Crippen LogP contribution >= 0.6 is 0 Å². The lowest BCUT2D eigenvalue weighted by molar-refractivity contribution is -0.384. The summed E-state index contributed by atoms with van der Waals surface area (Å²) in [6.07, 6.45) is 1.89. The highest BCUT2D eigenvalue weighted by Crippen LogP contribution is 2.31. The largest absolute Gasteiger partial charge is 0.387 e. The fourth-order valence-corrected chi connectivity index (χ4v) is 2.53. The van der Waals surface area contributed by atoms with E-state index in [9.17, 15) is 14.9 Å². The molecule has 1 aromatic carbocycles. The summed E-state index contributed by atoms with van der Waals surface area (Å²) in [6.45, 7) is 5.78. The molecule has 0 atom stereocenters. The van der Waals surface area contributed by atoms with Crippen LogP contribution in [0.1, 0.15) is 37.0 Å². The van der Waals surface area contributed by atoms with Crippen LogP contribution in [0.25, 0.3) is 0 Å². The van der Waals surface area contributed by atoms with Crippen LogP contribution in [0.3, 0.4) is 0 Å². The topological polar surface area (TPSA) is 75.5 Å². The predicted molar refractivity (Wildman–Crippen MR) is 81.6 cm³/mol. The number of nitro benzene ring substituents is 1. The summed E-state index contributed by atoms with van der Waals surface area (Å²) in [4.78, 5) is 24.8. The van der Waals surface area contributed by atoms with Gasteiger partial charge in [-0.3, -0.25) is 14.9 Å². The molecule has 6 nitrogen and oxygen atoms in total. The zero-order valence-corrected chi connectivity index (χ0v) is 12.7. The Labute approximate surface area is 124 Å². The standard InChI is InChI=1S/C15H21N3O3/c1-15(2)6-8-17(9-7-15)14(19)12-10-11(18(20)21)4-5-13(12)16-3/h4-5,10,16H,6-9H2,1-3H3. The van der Waals surface area contributed by atoms with Crippen molar-refractivity contribution in [3.8, 4) is 0 Å². The van der Waals surface area contributed by atoms with Crippen molar-refractivity contribution in [3.63, 3.8) is 0 Å². The molecule has 114 valence electrons. The molecule has 6 heteroatoms. The van der Waals surface area contributed by atoms with Crippen molar-refractivity contribution in [2.24, 2.45) is 5.41 Å². The summed E-state index contributed by atoms with van der Waals surface area (Å²) < 4.78 is 0. The number of amides is 1. The molecule has 0 aliphatic carbocycles. The summed E-state index contributed by atoms with van der Waals surface area (Å²) in [7, 11) is 1.71. The Balaban J connectivity index is 2.26. The van der Waals surface area contributed by atoms with Crippen molar-refractivity contribution in [2.45, 2.75) is 26.7 Å². The number of carbonyl (C=O) groups excluding carboxylic acids is 1. The zero-order chi connectivity index (χ0) is 15.6. The number of nitrogens with zero attached hydrogens (tertiary/aromatic N) is 2. The number of benzene rings is 1. The van der Waals surface area contributed by atoms with Crippen LogP contribution in [0.15, 0.2) is 18.2 Å². The van der Waals surface area contributed by atoms with Gasteiger partial charge in [-0.05, 0) is 24.3 Å². The Morgan fingerprint density at radius 2 is 1.95 bits per heavy atom. The van der Waals surface area contributed by atoms with Crippen LogP contribution < -0.4 is 5.32 Å². The molecular formula is C15H21N3O3. The predicted octanol–water partition coefficient (Wildman–Crippen LogP) is 2.90. The number of non-ortho nitro benzene ring substituents is 1. The molecule has 1 aromatic rings. The van der Waals surface area contributed by atoms with Gasteiger partial charge in [0.05, 0.1) is 10.5 Å². The van der Waals surface area contributed by atoms with Crippen LogP contribution in [0.2, 0.25) is 0 Å². The smallest absolute Gasteiger partial charge is 0.270 e. The average Bonchev–Trinajstić information content (AvgIpc) is 2.45. The van der Waals surface area contributed by atoms with E-state index in [4.69, 9.17) is 0 Å². The second kappa shape index (κ2) is 5.71. The van der Waals surface area contributed by atoms with Crippen LogP contribution in [-0.2, 0) is 0 Å². The SMILES string of the molecule is CNc1ccc([N+](=O)[O-])cc1C(=O)N1CCC(C)(C)CC1. The van der Waals surface area contributed by atoms with Gasteiger partial charge in [-0.2, -0.15) is 0 Å². The van der Waals surface area contributed by atoms with E-state index in [0.717, 1.165) is 12.8 Å². The normalized spacial score (nSPS) is 17.4. The first-order chi connectivity index (χ1) is 9.84. The van der Waals surface area contributed by atoms with Gasteiger partial charge in [0, 0.05) is 38.0 Å². The van der Waals surface area contributed by atoms with E-state index < -0.39 is 4.92 Å². The molecule has 0 radical (unpaired) electrons. The number of nitrogens with one attached hydrogen (secondary N) is 1. The first-order valence-corrected chi connectivity index (χ1v) is 7.09. The third-order valence-electron chi connectivity index (χ3n) is 4.12. The number of hydrogen-bond donors (Lipinski definition) is 1. The van der Waals surface area contributed by atoms with Gasteiger partial charge in [0.2, 0.25) is 0 Å². The summed E-state index contributed by atoms with van der Waals surface area (Å²) in [5, 5.41) is 13.8. The highest BCUT2D eigenvalue weighted by molar-refractivity contribution is 6.00. The Kier molecular flexibility index (Phi) is 4.16. The van der Waals surface area contributed by atoms with Crippen molar-refractivity contribution in [1.82, 2.24) is 4.90 Å². The van der Waals surface area contributed by atoms with Gasteiger partial charge in [0.15, 0.2) is 0 Å². The second-order valence-corrected chi connectivity index (χ2v) is 6.19. The molecule has 1 aliphatic rings. The van der Waals surface area contributed by atoms with Crippen LogP contribution in [0.5, 0.6) is 0 Å². The summed E-state index contributed by atoms with van der Waals surface area (Å²) in [6, 6.07) is 4.34. The molecule has 0 spiro atoms. The van der Waals surface area contributed by atoms with E-state index >= 15 is 0 Å². The number of likely N-dealkylation sites (tertiary alicyclic amines) is 1. The molecule has 0 aromatic heterocycles. The molecular weight excluding hydrogens is 270 g/mol. The quantitative estimate of drug-likeness (QED) is 0.686. The van der Waals surface area contributed by atoms with E-state index in [1.807, 2.05) is 0 Å². The monoisotopic (exact) mass is 291 g/mol. The molecule has 1 fully saturated rings. The number of nitro groups is 1. The van der Waals surface area contributed by atoms with Crippen LogP contribution in [0.4, 0.5) is 11.4 Å². The highest BCUT2D eigenvalue weighted by Gasteiger charge is 2.29. The van der Waals surface area contributed by atoms with Gasteiger partial charge in [-0.15, -0.1) is 0 Å². The average molecular weight is 291 g/mol. The minimum atomic E-state index is -0.477. The zero-order valence-electron chi connectivity index (χ0n) is 12.7. The fraction of sp³-hybridized carbons (Fsp3) is 0.533. The van der Waals surface area contributed by atoms with Crippen LogP contribution in [0, 0.1) is 15.5 Å². The van der Waals surface area contributed by atoms with E-state index in [-0.39, 0.29) is 17.0 Å². The Morgan fingerprint density at radius 1 is 1.33 bits per heavy atom. The molecule has 21 heavy (non-hydrogen) atoms. The fourth-order valence-electron chi connectivity index (χ4n) is 2.53. The molecule has 0 saturated carbocycles. The first kappa shape index (κ1) is 15.3. The maximum atomic E-state index is 12.6. The highest BCUT2D eigenvalue weighted by atomic mass is 16.6. The van der Waals surface area contributed by atoms with Gasteiger partial charge in [-0.25, -0.2) is 0 Å². The number of rotatable bonds is 3. The Hall–Kier alpha value is -2.11. The number of piperidine rings is 1. The van der Waals surface area contributed by atoms with Crippen molar-refractivity contribution >= 4 is 17.3 Å². The van der Waals surface area contributed by atoms with E-state index in [1.54, 1.807) is 18.0 Å². The summed E-state index contributed by atoms with van der Waals surface area (Å²) >= 11 is 0. The Bertz CT molecular complexity index is 559. The Morgan fingerprint density at radius 3 is 2.48 bits per heavy atom. The van der Waals surface area contributed by atoms with Gasteiger partial charge in [0.25, 0.3) is 11.6 Å². The van der Waals surface area contributed by atoms with Crippen molar-refractivity contribution in [3.05, 3.63) is 33.9 Å². The number of carbonyl (C=O) groups is 1. The molecule has 0 unspecified atom stereocenters. The molecule has 0 bridgehead atoms. The number of hydrogen-bond acceptors (Lipinski definition) is 4. The summed E-state index contributed by atoms with van der Waals surface area (Å²) in [5.41, 5.74) is 1.18. The minimum Gasteiger partial charge on any atom is -0.387 e. The third-order valence-corrected chi connectivity index (χ3v) is 4.12. The molecule has 1 N–H and O–H groups in total. The van der Waals surface area contributed by atoms with Gasteiger partial charge in [-0.1, -0.05) is 13.8 Å². The first-order valence-electron chi connectivity index (χ1n) is 7.09. The minimum absolute atomic E-state index is 0.0605. The van der Waals surface area contributed by atoms with Crippen LogP contribution in [-0.4, -0.2) is 35.9 Å².